The van der Waals surface area contributed by atoms with Crippen LogP contribution < -0.4 is 0 Å². The maximum absolute atomic E-state index is 12.6. The van der Waals surface area contributed by atoms with Crippen LogP contribution in [-0.4, -0.2) is 29.4 Å². The van der Waals surface area contributed by atoms with Gasteiger partial charge in [0, 0.05) is 12.1 Å². The number of hydrogen-bond acceptors (Lipinski definition) is 7. The summed E-state index contributed by atoms with van der Waals surface area (Å²) in [7, 11) is -4.05. The molecule has 0 saturated carbocycles. The van der Waals surface area contributed by atoms with E-state index in [1.807, 2.05) is 27.7 Å². The largest absolute Gasteiger partial charge is 0.494 e. The molecule has 0 aromatic carbocycles. The number of nitrogens with zero attached hydrogens (tertiary/aromatic N) is 3. The minimum Gasteiger partial charge on any atom is -0.267 e. The van der Waals surface area contributed by atoms with E-state index in [2.05, 4.69) is 0 Å². The highest BCUT2D eigenvalue weighted by Crippen LogP contribution is 2.52. The van der Waals surface area contributed by atoms with Crippen LogP contribution >= 0.6 is 7.82 Å². The fraction of sp³-hybridized carbons (Fsp3) is 0.833. The molecule has 114 valence electrons. The van der Waals surface area contributed by atoms with E-state index < -0.39 is 20.0 Å². The lowest BCUT2D eigenvalue weighted by atomic mass is 10.3. The number of phosphoric ester groups is 1. The van der Waals surface area contributed by atoms with Crippen molar-refractivity contribution in [1.29, 1.82) is 10.5 Å². The second-order valence-corrected chi connectivity index (χ2v) is 6.31. The van der Waals surface area contributed by atoms with Crippen molar-refractivity contribution in [1.82, 2.24) is 5.06 Å². The highest BCUT2D eigenvalue weighted by Gasteiger charge is 2.36. The Kier molecular flexibility index (Phi) is 7.96. The number of rotatable bonds is 8. The van der Waals surface area contributed by atoms with Gasteiger partial charge in [0.15, 0.2) is 12.2 Å². The molecule has 0 aromatic heterocycles. The summed E-state index contributed by atoms with van der Waals surface area (Å²) in [6.45, 7) is 10.3. The molecule has 7 nitrogen and oxygen atoms in total. The van der Waals surface area contributed by atoms with Gasteiger partial charge >= 0.3 is 7.82 Å². The third kappa shape index (κ3) is 6.47. The Morgan fingerprint density at radius 3 is 1.50 bits per heavy atom. The Morgan fingerprint density at radius 1 is 0.900 bits per heavy atom. The smallest absolute Gasteiger partial charge is 0.267 e. The average Bonchev–Trinajstić information content (AvgIpc) is 2.34. The first-order valence-electron chi connectivity index (χ1n) is 6.39. The third-order valence-corrected chi connectivity index (χ3v) is 3.69. The molecule has 0 spiro atoms. The van der Waals surface area contributed by atoms with Gasteiger partial charge in [-0.2, -0.15) is 20.2 Å². The van der Waals surface area contributed by atoms with Crippen LogP contribution in [0, 0.1) is 22.7 Å². The first-order valence-corrected chi connectivity index (χ1v) is 7.85. The van der Waals surface area contributed by atoms with E-state index in [4.69, 9.17) is 24.2 Å². The predicted molar refractivity (Wildman–Crippen MR) is 73.1 cm³/mol. The molecule has 0 fully saturated rings. The summed E-state index contributed by atoms with van der Waals surface area (Å²) in [4.78, 5) is 0. The topological polar surface area (TPSA) is 95.6 Å². The zero-order chi connectivity index (χ0) is 15.9. The minimum atomic E-state index is -4.05. The van der Waals surface area contributed by atoms with Gasteiger partial charge in [-0.25, -0.2) is 4.57 Å². The van der Waals surface area contributed by atoms with Crippen LogP contribution in [0.25, 0.3) is 0 Å². The van der Waals surface area contributed by atoms with Crippen LogP contribution in [0.2, 0.25) is 0 Å². The first-order chi connectivity index (χ1) is 9.15. The van der Waals surface area contributed by atoms with Gasteiger partial charge in [-0.1, -0.05) is 0 Å². The van der Waals surface area contributed by atoms with Gasteiger partial charge in [-0.15, -0.1) is 0 Å². The Morgan fingerprint density at radius 2 is 1.25 bits per heavy atom. The normalized spacial score (nSPS) is 17.6. The molecule has 0 amide bonds. The van der Waals surface area contributed by atoms with E-state index in [0.29, 0.717) is 0 Å². The second-order valence-electron chi connectivity index (χ2n) is 4.83. The molecular formula is C12H22N3O4P. The molecule has 0 aliphatic rings. The molecular weight excluding hydrogens is 281 g/mol. The van der Waals surface area contributed by atoms with Crippen LogP contribution in [-0.2, 0) is 18.2 Å². The van der Waals surface area contributed by atoms with Crippen LogP contribution in [0.4, 0.5) is 0 Å². The van der Waals surface area contributed by atoms with E-state index in [0.717, 1.165) is 0 Å². The summed E-state index contributed by atoms with van der Waals surface area (Å²) < 4.78 is 28.0. The van der Waals surface area contributed by atoms with Gasteiger partial charge in [0.2, 0.25) is 0 Å². The van der Waals surface area contributed by atoms with Gasteiger partial charge in [0.05, 0.1) is 12.1 Å². The van der Waals surface area contributed by atoms with Crippen molar-refractivity contribution in [3.63, 3.8) is 0 Å². The zero-order valence-electron chi connectivity index (χ0n) is 12.7. The quantitative estimate of drug-likeness (QED) is 0.502. The fourth-order valence-electron chi connectivity index (χ4n) is 1.40. The van der Waals surface area contributed by atoms with Gasteiger partial charge in [0.25, 0.3) is 0 Å². The molecule has 0 aliphatic heterocycles. The zero-order valence-corrected chi connectivity index (χ0v) is 13.6. The van der Waals surface area contributed by atoms with E-state index >= 15 is 0 Å². The summed E-state index contributed by atoms with van der Waals surface area (Å²) in [5.41, 5.74) is 0. The van der Waals surface area contributed by atoms with Crippen molar-refractivity contribution in [3.8, 4) is 12.1 Å². The summed E-state index contributed by atoms with van der Waals surface area (Å²) >= 11 is 0. The lowest BCUT2D eigenvalue weighted by molar-refractivity contribution is -0.139. The van der Waals surface area contributed by atoms with Crippen molar-refractivity contribution in [2.24, 2.45) is 0 Å². The van der Waals surface area contributed by atoms with Crippen LogP contribution in [0.5, 0.6) is 0 Å². The average molecular weight is 303 g/mol. The Bertz CT molecular complexity index is 393. The standard InChI is InChI=1S/C12H22N3O4P/c1-9(2)15(10(3)4)19-20(16,17-11(5)7-13)18-12(6)8-14/h9-12H,1-6H3. The number of hydrogen-bond donors (Lipinski definition) is 0. The molecule has 0 aliphatic carbocycles. The summed E-state index contributed by atoms with van der Waals surface area (Å²) in [5, 5.41) is 19.0. The van der Waals surface area contributed by atoms with E-state index in [-0.39, 0.29) is 12.1 Å². The highest BCUT2D eigenvalue weighted by atomic mass is 31.2. The predicted octanol–water partition coefficient (Wildman–Crippen LogP) is 3.00. The number of phosphoric acid groups is 1. The number of nitriles is 2. The van der Waals surface area contributed by atoms with E-state index in [9.17, 15) is 4.57 Å². The molecule has 8 heteroatoms. The highest BCUT2D eigenvalue weighted by molar-refractivity contribution is 7.48. The van der Waals surface area contributed by atoms with Gasteiger partial charge in [-0.3, -0.25) is 9.05 Å². The van der Waals surface area contributed by atoms with Crippen molar-refractivity contribution in [3.05, 3.63) is 0 Å². The Hall–Kier alpha value is -0.950. The summed E-state index contributed by atoms with van der Waals surface area (Å²) in [6.07, 6.45) is -1.96. The van der Waals surface area contributed by atoms with E-state index in [1.165, 1.54) is 18.9 Å². The molecule has 0 N–H and O–H groups in total. The maximum Gasteiger partial charge on any atom is 0.494 e. The summed E-state index contributed by atoms with van der Waals surface area (Å²) in [6, 6.07) is 3.42. The Balaban J connectivity index is 5.17. The molecule has 0 saturated heterocycles. The molecule has 20 heavy (non-hydrogen) atoms. The van der Waals surface area contributed by atoms with Crippen molar-refractivity contribution >= 4 is 7.82 Å². The molecule has 0 aromatic rings. The van der Waals surface area contributed by atoms with Gasteiger partial charge < -0.3 is 0 Å². The molecule has 0 heterocycles. The fourth-order valence-corrected chi connectivity index (χ4v) is 3.00. The lowest BCUT2D eigenvalue weighted by Gasteiger charge is -2.32. The van der Waals surface area contributed by atoms with Gasteiger partial charge in [-0.05, 0) is 41.5 Å². The Labute approximate surface area is 120 Å². The van der Waals surface area contributed by atoms with Crippen LogP contribution in [0.15, 0.2) is 0 Å². The lowest BCUT2D eigenvalue weighted by Crippen LogP contribution is -2.37. The first kappa shape index (κ1) is 19.1. The SMILES string of the molecule is CC(C#N)OP(=O)(OC(C)C#N)ON(C(C)C)C(C)C. The van der Waals surface area contributed by atoms with Crippen molar-refractivity contribution < 1.29 is 18.2 Å². The van der Waals surface area contributed by atoms with Crippen molar-refractivity contribution in [2.45, 2.75) is 65.8 Å². The van der Waals surface area contributed by atoms with E-state index in [1.54, 1.807) is 12.1 Å². The minimum absolute atomic E-state index is 0.0784. The molecule has 2 unspecified atom stereocenters. The van der Waals surface area contributed by atoms with Gasteiger partial charge in [0.1, 0.15) is 0 Å². The summed E-state index contributed by atoms with van der Waals surface area (Å²) in [5.74, 6) is 0. The monoisotopic (exact) mass is 303 g/mol. The third-order valence-electron chi connectivity index (χ3n) is 2.15. The van der Waals surface area contributed by atoms with Crippen LogP contribution in [0.3, 0.4) is 0 Å². The van der Waals surface area contributed by atoms with Crippen LogP contribution in [0.1, 0.15) is 41.5 Å². The second kappa shape index (κ2) is 8.36. The molecule has 2 atom stereocenters. The van der Waals surface area contributed by atoms with Crippen molar-refractivity contribution in [2.75, 3.05) is 0 Å². The molecule has 0 rings (SSSR count). The number of hydroxylamine groups is 2. The molecule has 0 radical (unpaired) electrons. The maximum atomic E-state index is 12.6. The molecule has 0 bridgehead atoms.